The average molecular weight is 155 g/mol. The van der Waals surface area contributed by atoms with Gasteiger partial charge in [-0.2, -0.15) is 12.6 Å². The van der Waals surface area contributed by atoms with Crippen molar-refractivity contribution in [3.05, 3.63) is 24.3 Å². The highest BCUT2D eigenvalue weighted by atomic mass is 32.1. The Labute approximate surface area is 65.3 Å². The van der Waals surface area contributed by atoms with E-state index in [4.69, 9.17) is 5.11 Å². The summed E-state index contributed by atoms with van der Waals surface area (Å²) in [4.78, 5) is 0. The molecule has 0 aliphatic rings. The van der Waals surface area contributed by atoms with Gasteiger partial charge in [-0.1, -0.05) is 0 Å². The molecule has 0 aromatic heterocycles. The van der Waals surface area contributed by atoms with Crippen LogP contribution in [0.1, 0.15) is 0 Å². The van der Waals surface area contributed by atoms with E-state index in [-0.39, 0.29) is 5.75 Å². The van der Waals surface area contributed by atoms with Gasteiger partial charge in [0.2, 0.25) is 0 Å². The van der Waals surface area contributed by atoms with Gasteiger partial charge in [0.1, 0.15) is 5.75 Å². The highest BCUT2D eigenvalue weighted by Crippen LogP contribution is 2.13. The quantitative estimate of drug-likeness (QED) is 0.345. The first-order chi connectivity index (χ1) is 4.83. The van der Waals surface area contributed by atoms with Gasteiger partial charge in [-0.25, -0.2) is 0 Å². The maximum atomic E-state index is 8.88. The molecule has 0 atom stereocenters. The van der Waals surface area contributed by atoms with E-state index in [0.29, 0.717) is 5.88 Å². The minimum atomic E-state index is 0.282. The number of hydrogen-bond acceptors (Lipinski definition) is 3. The summed E-state index contributed by atoms with van der Waals surface area (Å²) in [5.41, 5.74) is 0.966. The van der Waals surface area contributed by atoms with Gasteiger partial charge in [0.05, 0.1) is 5.88 Å². The van der Waals surface area contributed by atoms with Crippen LogP contribution in [0.5, 0.6) is 5.75 Å². The molecule has 2 nitrogen and oxygen atoms in total. The van der Waals surface area contributed by atoms with E-state index >= 15 is 0 Å². The lowest BCUT2D eigenvalue weighted by molar-refractivity contribution is 0.475. The van der Waals surface area contributed by atoms with E-state index in [0.717, 1.165) is 5.69 Å². The molecule has 1 aromatic carbocycles. The second-order valence-corrected chi connectivity index (χ2v) is 2.20. The maximum Gasteiger partial charge on any atom is 0.115 e. The third kappa shape index (κ3) is 1.84. The van der Waals surface area contributed by atoms with Crippen LogP contribution < -0.4 is 5.32 Å². The van der Waals surface area contributed by atoms with Crippen molar-refractivity contribution in [2.75, 3.05) is 11.2 Å². The van der Waals surface area contributed by atoms with Gasteiger partial charge in [-0.15, -0.1) is 0 Å². The lowest BCUT2D eigenvalue weighted by Crippen LogP contribution is -1.92. The molecule has 0 aliphatic carbocycles. The monoisotopic (exact) mass is 155 g/mol. The second-order valence-electron chi connectivity index (χ2n) is 1.88. The molecule has 0 spiro atoms. The summed E-state index contributed by atoms with van der Waals surface area (Å²) >= 11 is 3.98. The number of thiol groups is 1. The summed E-state index contributed by atoms with van der Waals surface area (Å²) in [5.74, 6) is 0.884. The summed E-state index contributed by atoms with van der Waals surface area (Å²) < 4.78 is 0. The summed E-state index contributed by atoms with van der Waals surface area (Å²) in [6.07, 6.45) is 0. The van der Waals surface area contributed by atoms with E-state index in [1.807, 2.05) is 0 Å². The molecule has 0 unspecified atom stereocenters. The van der Waals surface area contributed by atoms with Crippen LogP contribution in [0.25, 0.3) is 0 Å². The normalized spacial score (nSPS) is 9.30. The molecule has 0 saturated heterocycles. The minimum Gasteiger partial charge on any atom is -0.508 e. The van der Waals surface area contributed by atoms with Crippen LogP contribution in [-0.2, 0) is 0 Å². The van der Waals surface area contributed by atoms with E-state index in [1.54, 1.807) is 24.3 Å². The lowest BCUT2D eigenvalue weighted by Gasteiger charge is -2.00. The van der Waals surface area contributed by atoms with E-state index in [2.05, 4.69) is 17.9 Å². The highest BCUT2D eigenvalue weighted by molar-refractivity contribution is 7.80. The van der Waals surface area contributed by atoms with Gasteiger partial charge in [0, 0.05) is 5.69 Å². The van der Waals surface area contributed by atoms with Crippen molar-refractivity contribution >= 4 is 18.3 Å². The Balaban J connectivity index is 2.69. The van der Waals surface area contributed by atoms with Crippen molar-refractivity contribution in [2.45, 2.75) is 0 Å². The van der Waals surface area contributed by atoms with Crippen LogP contribution in [0.2, 0.25) is 0 Å². The van der Waals surface area contributed by atoms with Gasteiger partial charge >= 0.3 is 0 Å². The molecule has 3 heteroatoms. The zero-order chi connectivity index (χ0) is 7.40. The van der Waals surface area contributed by atoms with Gasteiger partial charge in [0.15, 0.2) is 0 Å². The smallest absolute Gasteiger partial charge is 0.115 e. The van der Waals surface area contributed by atoms with Crippen LogP contribution in [0, 0.1) is 0 Å². The lowest BCUT2D eigenvalue weighted by atomic mass is 10.3. The van der Waals surface area contributed by atoms with E-state index < -0.39 is 0 Å². The Kier molecular flexibility index (Phi) is 2.45. The number of phenols is 1. The Morgan fingerprint density at radius 2 is 1.90 bits per heavy atom. The Hall–Kier alpha value is -0.830. The fraction of sp³-hybridized carbons (Fsp3) is 0.143. The molecule has 1 rings (SSSR count). The molecule has 0 radical (unpaired) electrons. The number of phenolic OH excluding ortho intramolecular Hbond substituents is 1. The molecule has 0 fully saturated rings. The molecule has 0 aliphatic heterocycles. The van der Waals surface area contributed by atoms with Gasteiger partial charge in [-0.05, 0) is 24.3 Å². The van der Waals surface area contributed by atoms with Crippen molar-refractivity contribution in [1.29, 1.82) is 0 Å². The number of aromatic hydroxyl groups is 1. The van der Waals surface area contributed by atoms with Crippen molar-refractivity contribution < 1.29 is 5.11 Å². The highest BCUT2D eigenvalue weighted by Gasteiger charge is 1.87. The molecule has 10 heavy (non-hydrogen) atoms. The van der Waals surface area contributed by atoms with Gasteiger partial charge < -0.3 is 10.4 Å². The largest absolute Gasteiger partial charge is 0.508 e. The zero-order valence-electron chi connectivity index (χ0n) is 5.41. The van der Waals surface area contributed by atoms with Crippen LogP contribution in [0.3, 0.4) is 0 Å². The maximum absolute atomic E-state index is 8.88. The van der Waals surface area contributed by atoms with Crippen LogP contribution in [0.4, 0.5) is 5.69 Å². The summed E-state index contributed by atoms with van der Waals surface area (Å²) in [7, 11) is 0. The number of nitrogens with one attached hydrogen (secondary N) is 1. The predicted octanol–water partition coefficient (Wildman–Crippen LogP) is 1.69. The first-order valence-electron chi connectivity index (χ1n) is 2.96. The predicted molar refractivity (Wildman–Crippen MR) is 45.6 cm³/mol. The molecule has 0 heterocycles. The van der Waals surface area contributed by atoms with Crippen molar-refractivity contribution in [2.24, 2.45) is 0 Å². The first kappa shape index (κ1) is 7.28. The van der Waals surface area contributed by atoms with Crippen molar-refractivity contribution in [3.8, 4) is 5.75 Å². The molecule has 54 valence electrons. The fourth-order valence-electron chi connectivity index (χ4n) is 0.671. The zero-order valence-corrected chi connectivity index (χ0v) is 6.31. The topological polar surface area (TPSA) is 32.3 Å². The molecule has 0 saturated carbocycles. The number of hydrogen-bond donors (Lipinski definition) is 3. The number of anilines is 1. The first-order valence-corrected chi connectivity index (χ1v) is 3.60. The summed E-state index contributed by atoms with van der Waals surface area (Å²) in [5, 5.41) is 11.9. The van der Waals surface area contributed by atoms with E-state index in [9.17, 15) is 0 Å². The summed E-state index contributed by atoms with van der Waals surface area (Å²) in [6, 6.07) is 6.86. The Bertz CT molecular complexity index is 197. The van der Waals surface area contributed by atoms with Gasteiger partial charge in [0.25, 0.3) is 0 Å². The standard InChI is InChI=1S/C7H9NOS/c9-7-3-1-6(2-4-7)8-5-10/h1-4,8-10H,5H2. The molecular weight excluding hydrogens is 146 g/mol. The van der Waals surface area contributed by atoms with Gasteiger partial charge in [-0.3, -0.25) is 0 Å². The third-order valence-electron chi connectivity index (χ3n) is 1.15. The molecule has 2 N–H and O–H groups in total. The Morgan fingerprint density at radius 1 is 1.30 bits per heavy atom. The SMILES string of the molecule is Oc1ccc(NCS)cc1. The Morgan fingerprint density at radius 3 is 2.40 bits per heavy atom. The molecular formula is C7H9NOS. The molecule has 0 bridgehead atoms. The van der Waals surface area contributed by atoms with Crippen LogP contribution in [0.15, 0.2) is 24.3 Å². The van der Waals surface area contributed by atoms with E-state index in [1.165, 1.54) is 0 Å². The average Bonchev–Trinajstić information content (AvgIpc) is 1.95. The third-order valence-corrected chi connectivity index (χ3v) is 1.31. The van der Waals surface area contributed by atoms with Crippen LogP contribution in [-0.4, -0.2) is 11.0 Å². The second kappa shape index (κ2) is 3.37. The van der Waals surface area contributed by atoms with Crippen molar-refractivity contribution in [3.63, 3.8) is 0 Å². The summed E-state index contributed by atoms with van der Waals surface area (Å²) in [6.45, 7) is 0. The number of rotatable bonds is 2. The molecule has 1 aromatic rings. The van der Waals surface area contributed by atoms with Crippen molar-refractivity contribution in [1.82, 2.24) is 0 Å². The fourth-order valence-corrected chi connectivity index (χ4v) is 0.853. The van der Waals surface area contributed by atoms with Crippen LogP contribution >= 0.6 is 12.6 Å². The molecule has 0 amide bonds. The number of benzene rings is 1. The minimum absolute atomic E-state index is 0.282.